The minimum atomic E-state index is -0.402. The Morgan fingerprint density at radius 2 is 2.39 bits per heavy atom. The zero-order valence-electron chi connectivity index (χ0n) is 10.9. The van der Waals surface area contributed by atoms with Crippen molar-refractivity contribution in [3.05, 3.63) is 18.0 Å². The Morgan fingerprint density at radius 3 is 2.94 bits per heavy atom. The molecule has 0 bridgehead atoms. The van der Waals surface area contributed by atoms with E-state index in [0.29, 0.717) is 6.54 Å². The van der Waals surface area contributed by atoms with Crippen molar-refractivity contribution in [2.45, 2.75) is 38.3 Å². The van der Waals surface area contributed by atoms with Gasteiger partial charge in [0.2, 0.25) is 5.91 Å². The van der Waals surface area contributed by atoms with E-state index >= 15 is 0 Å². The molecule has 2 N–H and O–H groups in total. The highest BCUT2D eigenvalue weighted by Gasteiger charge is 2.33. The zero-order valence-corrected chi connectivity index (χ0v) is 11.7. The van der Waals surface area contributed by atoms with Crippen molar-refractivity contribution in [1.82, 2.24) is 20.4 Å². The van der Waals surface area contributed by atoms with Gasteiger partial charge in [0.1, 0.15) is 0 Å². The maximum atomic E-state index is 12.1. The Hall–Kier alpha value is -1.07. The van der Waals surface area contributed by atoms with E-state index in [9.17, 15) is 4.79 Å². The average molecular weight is 273 g/mol. The van der Waals surface area contributed by atoms with Crippen LogP contribution >= 0.6 is 12.4 Å². The van der Waals surface area contributed by atoms with Gasteiger partial charge in [-0.15, -0.1) is 12.4 Å². The lowest BCUT2D eigenvalue weighted by atomic mass is 9.90. The summed E-state index contributed by atoms with van der Waals surface area (Å²) < 4.78 is 1.74. The van der Waals surface area contributed by atoms with E-state index in [-0.39, 0.29) is 18.3 Å². The molecule has 1 aromatic heterocycles. The van der Waals surface area contributed by atoms with Crippen molar-refractivity contribution >= 4 is 18.3 Å². The summed E-state index contributed by atoms with van der Waals surface area (Å²) in [5, 5.41) is 10.3. The number of nitrogens with one attached hydrogen (secondary N) is 2. The van der Waals surface area contributed by atoms with E-state index in [1.807, 2.05) is 20.2 Å². The van der Waals surface area contributed by atoms with Crippen molar-refractivity contribution < 1.29 is 4.79 Å². The summed E-state index contributed by atoms with van der Waals surface area (Å²) >= 11 is 0. The van der Waals surface area contributed by atoms with Gasteiger partial charge in [0.05, 0.1) is 11.7 Å². The molecule has 0 saturated carbocycles. The first-order chi connectivity index (χ1) is 8.10. The molecule has 0 aromatic carbocycles. The summed E-state index contributed by atoms with van der Waals surface area (Å²) in [6.45, 7) is 3.45. The molecule has 0 aliphatic carbocycles. The van der Waals surface area contributed by atoms with Crippen LogP contribution in [0.4, 0.5) is 0 Å². The van der Waals surface area contributed by atoms with Crippen LogP contribution < -0.4 is 10.6 Å². The number of rotatable bonds is 3. The summed E-state index contributed by atoms with van der Waals surface area (Å²) in [6, 6.07) is 0. The number of halogens is 1. The number of piperidine rings is 1. The summed E-state index contributed by atoms with van der Waals surface area (Å²) in [4.78, 5) is 12.1. The molecule has 18 heavy (non-hydrogen) atoms. The Labute approximate surface area is 114 Å². The molecule has 1 aromatic rings. The van der Waals surface area contributed by atoms with Crippen LogP contribution in [0.15, 0.2) is 12.4 Å². The van der Waals surface area contributed by atoms with Crippen LogP contribution in [0.3, 0.4) is 0 Å². The van der Waals surface area contributed by atoms with Crippen molar-refractivity contribution in [2.75, 3.05) is 6.54 Å². The van der Waals surface area contributed by atoms with Gasteiger partial charge in [0.15, 0.2) is 0 Å². The zero-order chi connectivity index (χ0) is 12.3. The quantitative estimate of drug-likeness (QED) is 0.863. The molecule has 5 nitrogen and oxygen atoms in total. The van der Waals surface area contributed by atoms with E-state index in [1.165, 1.54) is 0 Å². The van der Waals surface area contributed by atoms with Gasteiger partial charge >= 0.3 is 0 Å². The second-order valence-electron chi connectivity index (χ2n) is 4.92. The van der Waals surface area contributed by atoms with Crippen molar-refractivity contribution in [2.24, 2.45) is 7.05 Å². The van der Waals surface area contributed by atoms with Crippen LogP contribution in [0.5, 0.6) is 0 Å². The number of aromatic nitrogens is 2. The van der Waals surface area contributed by atoms with Crippen LogP contribution in [0.1, 0.15) is 31.7 Å². The van der Waals surface area contributed by atoms with Crippen molar-refractivity contribution in [1.29, 1.82) is 0 Å². The Balaban J connectivity index is 0.00000162. The smallest absolute Gasteiger partial charge is 0.240 e. The van der Waals surface area contributed by atoms with Gasteiger partial charge in [-0.2, -0.15) is 5.10 Å². The number of nitrogens with zero attached hydrogens (tertiary/aromatic N) is 2. The molecule has 1 unspecified atom stereocenters. The van der Waals surface area contributed by atoms with Gasteiger partial charge in [-0.05, 0) is 32.7 Å². The first-order valence-electron chi connectivity index (χ1n) is 6.11. The van der Waals surface area contributed by atoms with E-state index in [2.05, 4.69) is 15.7 Å². The van der Waals surface area contributed by atoms with E-state index in [0.717, 1.165) is 31.4 Å². The van der Waals surface area contributed by atoms with Crippen molar-refractivity contribution in [3.63, 3.8) is 0 Å². The van der Waals surface area contributed by atoms with Gasteiger partial charge in [-0.3, -0.25) is 9.48 Å². The van der Waals surface area contributed by atoms with E-state index in [4.69, 9.17) is 0 Å². The second kappa shape index (κ2) is 6.20. The van der Waals surface area contributed by atoms with Gasteiger partial charge in [-0.25, -0.2) is 0 Å². The third-order valence-corrected chi connectivity index (χ3v) is 3.33. The Kier molecular flexibility index (Phi) is 5.16. The maximum absolute atomic E-state index is 12.1. The predicted octanol–water partition coefficient (Wildman–Crippen LogP) is 0.990. The number of hydrogen-bond donors (Lipinski definition) is 2. The highest BCUT2D eigenvalue weighted by atomic mass is 35.5. The van der Waals surface area contributed by atoms with Crippen LogP contribution in [0, 0.1) is 0 Å². The molecule has 2 rings (SSSR count). The van der Waals surface area contributed by atoms with Gasteiger partial charge in [-0.1, -0.05) is 0 Å². The standard InChI is InChI=1S/C12H20N4O.ClH/c1-12(5-3-4-6-14-12)11(17)13-7-10-8-15-16(2)9-10;/h8-9,14H,3-7H2,1-2H3,(H,13,17);1H. The van der Waals surface area contributed by atoms with Crippen LogP contribution in [-0.4, -0.2) is 27.8 Å². The molecule has 1 aliphatic heterocycles. The molecule has 0 spiro atoms. The monoisotopic (exact) mass is 272 g/mol. The van der Waals surface area contributed by atoms with Crippen molar-refractivity contribution in [3.8, 4) is 0 Å². The fourth-order valence-electron chi connectivity index (χ4n) is 2.19. The van der Waals surface area contributed by atoms with E-state index < -0.39 is 5.54 Å². The highest BCUT2D eigenvalue weighted by Crippen LogP contribution is 2.18. The maximum Gasteiger partial charge on any atom is 0.240 e. The number of amides is 1. The largest absolute Gasteiger partial charge is 0.350 e. The first kappa shape index (κ1) is 15.0. The third kappa shape index (κ3) is 3.46. The third-order valence-electron chi connectivity index (χ3n) is 3.33. The highest BCUT2D eigenvalue weighted by molar-refractivity contribution is 5.86. The van der Waals surface area contributed by atoms with Crippen LogP contribution in [0.2, 0.25) is 0 Å². The minimum Gasteiger partial charge on any atom is -0.350 e. The van der Waals surface area contributed by atoms with Crippen LogP contribution in [0.25, 0.3) is 0 Å². The molecule has 1 amide bonds. The molecule has 1 aliphatic rings. The number of aryl methyl sites for hydroxylation is 1. The van der Waals surface area contributed by atoms with Gasteiger partial charge < -0.3 is 10.6 Å². The second-order valence-corrected chi connectivity index (χ2v) is 4.92. The Bertz CT molecular complexity index is 399. The fourth-order valence-corrected chi connectivity index (χ4v) is 2.19. The lowest BCUT2D eigenvalue weighted by Crippen LogP contribution is -2.56. The lowest BCUT2D eigenvalue weighted by Gasteiger charge is -2.33. The molecular formula is C12H21ClN4O. The molecule has 1 saturated heterocycles. The molecular weight excluding hydrogens is 252 g/mol. The molecule has 1 atom stereocenters. The van der Waals surface area contributed by atoms with E-state index in [1.54, 1.807) is 10.9 Å². The molecule has 2 heterocycles. The minimum absolute atomic E-state index is 0. The number of hydrogen-bond acceptors (Lipinski definition) is 3. The number of carbonyl (C=O) groups is 1. The fraction of sp³-hybridized carbons (Fsp3) is 0.667. The summed E-state index contributed by atoms with van der Waals surface area (Å²) in [5.74, 6) is 0.0843. The van der Waals surface area contributed by atoms with Gasteiger partial charge in [0.25, 0.3) is 0 Å². The normalized spacial score (nSPS) is 23.2. The topological polar surface area (TPSA) is 59.0 Å². The Morgan fingerprint density at radius 1 is 1.61 bits per heavy atom. The summed E-state index contributed by atoms with van der Waals surface area (Å²) in [7, 11) is 1.87. The molecule has 6 heteroatoms. The SMILES string of the molecule is Cl.Cn1cc(CNC(=O)C2(C)CCCCN2)cn1. The summed E-state index contributed by atoms with van der Waals surface area (Å²) in [6.07, 6.45) is 6.87. The summed E-state index contributed by atoms with van der Waals surface area (Å²) in [5.41, 5.74) is 0.626. The first-order valence-corrected chi connectivity index (χ1v) is 6.11. The number of carbonyl (C=O) groups excluding carboxylic acids is 1. The van der Waals surface area contributed by atoms with Gasteiger partial charge in [0, 0.05) is 25.4 Å². The molecule has 102 valence electrons. The molecule has 0 radical (unpaired) electrons. The lowest BCUT2D eigenvalue weighted by molar-refractivity contribution is -0.128. The van der Waals surface area contributed by atoms with Crippen LogP contribution in [-0.2, 0) is 18.4 Å². The average Bonchev–Trinajstić information content (AvgIpc) is 2.73. The molecule has 1 fully saturated rings. The predicted molar refractivity (Wildman–Crippen MR) is 72.6 cm³/mol.